The molecule has 0 saturated heterocycles. The molecule has 3 aliphatic carbocycles. The smallest absolute Gasteiger partial charge is 0.0699 e. The monoisotopic (exact) mass is 395 g/mol. The van der Waals surface area contributed by atoms with Crippen molar-refractivity contribution >= 4 is 13.5 Å². The summed E-state index contributed by atoms with van der Waals surface area (Å²) in [5.74, 6) is 0. The van der Waals surface area contributed by atoms with Gasteiger partial charge in [-0.05, 0) is 68.7 Å². The van der Waals surface area contributed by atoms with Crippen LogP contribution >= 0.6 is 7.92 Å². The van der Waals surface area contributed by atoms with Crippen LogP contribution in [0.25, 0.3) is 5.57 Å². The summed E-state index contributed by atoms with van der Waals surface area (Å²) in [4.78, 5) is 2.64. The van der Waals surface area contributed by atoms with Gasteiger partial charge in [0.15, 0.2) is 0 Å². The van der Waals surface area contributed by atoms with Crippen molar-refractivity contribution in [3.63, 3.8) is 0 Å². The maximum Gasteiger partial charge on any atom is 0.0699 e. The van der Waals surface area contributed by atoms with Crippen LogP contribution < -0.4 is 0 Å². The number of benzene rings is 1. The molecule has 2 heteroatoms. The van der Waals surface area contributed by atoms with Gasteiger partial charge >= 0.3 is 0 Å². The van der Waals surface area contributed by atoms with E-state index < -0.39 is 0 Å². The Morgan fingerprint density at radius 2 is 1.39 bits per heavy atom. The molecule has 28 heavy (non-hydrogen) atoms. The third-order valence-electron chi connectivity index (χ3n) is 7.42. The third kappa shape index (κ3) is 3.90. The van der Waals surface area contributed by atoms with Gasteiger partial charge in [-0.3, -0.25) is 4.90 Å². The van der Waals surface area contributed by atoms with Gasteiger partial charge in [0.1, 0.15) is 0 Å². The maximum absolute atomic E-state index is 2.64. The lowest BCUT2D eigenvalue weighted by Gasteiger charge is -2.55. The van der Waals surface area contributed by atoms with E-state index >= 15 is 0 Å². The number of nitrogens with zero attached hydrogens (tertiary/aromatic N) is 1. The first kappa shape index (κ1) is 20.4. The first-order valence-corrected chi connectivity index (χ1v) is 13.1. The predicted octanol–water partition coefficient (Wildman–Crippen LogP) is 7.44. The highest BCUT2D eigenvalue weighted by Crippen LogP contribution is 2.69. The standard InChI is InChI=1S/C26H38NP/c1-27(2)26(21-13-12-20-25(26)22-14-6-3-7-15-22)28(23-16-8-4-9-17-23)24-18-10-5-11-19-24/h3,6-7,12-15,20,23-24H,4-5,8-11,16-19,21H2,1-2H3. The summed E-state index contributed by atoms with van der Waals surface area (Å²) in [5.41, 5.74) is 4.95. The number of hydrogen-bond donors (Lipinski definition) is 0. The van der Waals surface area contributed by atoms with Gasteiger partial charge in [0.2, 0.25) is 0 Å². The highest BCUT2D eigenvalue weighted by Gasteiger charge is 2.50. The van der Waals surface area contributed by atoms with Crippen LogP contribution in [0.1, 0.15) is 76.2 Å². The Morgan fingerprint density at radius 1 is 0.821 bits per heavy atom. The van der Waals surface area contributed by atoms with Crippen molar-refractivity contribution in [2.24, 2.45) is 0 Å². The number of rotatable bonds is 5. The molecule has 0 aliphatic heterocycles. The Morgan fingerprint density at radius 3 is 1.93 bits per heavy atom. The van der Waals surface area contributed by atoms with Crippen LogP contribution in [0.2, 0.25) is 0 Å². The van der Waals surface area contributed by atoms with Crippen molar-refractivity contribution in [2.75, 3.05) is 14.1 Å². The molecule has 0 heterocycles. The Hall–Kier alpha value is -0.910. The van der Waals surface area contributed by atoms with E-state index in [0.717, 1.165) is 11.3 Å². The average Bonchev–Trinajstić information content (AvgIpc) is 2.76. The fraction of sp³-hybridized carbons (Fsp3) is 0.615. The van der Waals surface area contributed by atoms with Gasteiger partial charge in [-0.15, -0.1) is 0 Å². The summed E-state index contributed by atoms with van der Waals surface area (Å²) in [5, 5.41) is 0.204. The molecule has 0 bridgehead atoms. The lowest BCUT2D eigenvalue weighted by molar-refractivity contribution is 0.303. The molecule has 0 amide bonds. The molecule has 152 valence electrons. The van der Waals surface area contributed by atoms with Crippen molar-refractivity contribution < 1.29 is 0 Å². The van der Waals surface area contributed by atoms with E-state index in [1.807, 2.05) is 0 Å². The zero-order chi connectivity index (χ0) is 19.4. The fourth-order valence-corrected chi connectivity index (χ4v) is 11.0. The molecule has 2 saturated carbocycles. The molecule has 0 spiro atoms. The molecule has 3 aliphatic rings. The number of likely N-dealkylation sites (N-methyl/N-ethyl adjacent to an activating group) is 1. The van der Waals surface area contributed by atoms with Crippen LogP contribution in [0.5, 0.6) is 0 Å². The Balaban J connectivity index is 1.81. The van der Waals surface area contributed by atoms with Crippen LogP contribution in [0.4, 0.5) is 0 Å². The Bertz CT molecular complexity index is 662. The van der Waals surface area contributed by atoms with Crippen LogP contribution in [-0.4, -0.2) is 35.6 Å². The first-order chi connectivity index (χ1) is 13.7. The minimum Gasteiger partial charge on any atom is -0.296 e. The molecule has 1 atom stereocenters. The van der Waals surface area contributed by atoms with E-state index in [1.54, 1.807) is 5.57 Å². The Kier molecular flexibility index (Phi) is 6.74. The van der Waals surface area contributed by atoms with Crippen molar-refractivity contribution in [3.05, 3.63) is 54.1 Å². The maximum atomic E-state index is 2.64. The lowest BCUT2D eigenvalue weighted by Crippen LogP contribution is -2.48. The lowest BCUT2D eigenvalue weighted by atomic mass is 9.90. The van der Waals surface area contributed by atoms with E-state index in [-0.39, 0.29) is 13.2 Å². The van der Waals surface area contributed by atoms with Gasteiger partial charge in [0.25, 0.3) is 0 Å². The van der Waals surface area contributed by atoms with Gasteiger partial charge in [-0.1, -0.05) is 95.0 Å². The van der Waals surface area contributed by atoms with Crippen LogP contribution in [-0.2, 0) is 0 Å². The van der Waals surface area contributed by atoms with Gasteiger partial charge in [-0.2, -0.15) is 0 Å². The van der Waals surface area contributed by atoms with E-state index in [4.69, 9.17) is 0 Å². The normalized spacial score (nSPS) is 27.4. The predicted molar refractivity (Wildman–Crippen MR) is 125 cm³/mol. The quantitative estimate of drug-likeness (QED) is 0.468. The summed E-state index contributed by atoms with van der Waals surface area (Å²) in [6, 6.07) is 11.3. The molecular formula is C26H38NP. The molecule has 0 aromatic heterocycles. The second-order valence-electron chi connectivity index (χ2n) is 9.28. The van der Waals surface area contributed by atoms with Crippen LogP contribution in [0.15, 0.2) is 48.6 Å². The highest BCUT2D eigenvalue weighted by molar-refractivity contribution is 7.61. The van der Waals surface area contributed by atoms with Gasteiger partial charge in [0.05, 0.1) is 5.28 Å². The molecule has 1 aromatic rings. The summed E-state index contributed by atoms with van der Waals surface area (Å²) < 4.78 is 0. The molecule has 4 rings (SSSR count). The SMILES string of the molecule is CN(C)C1(P(C2CCCCC2)C2CCCCC2)CC=CC=C1c1ccccc1. The largest absolute Gasteiger partial charge is 0.296 e. The summed E-state index contributed by atoms with van der Waals surface area (Å²) in [6.07, 6.45) is 23.1. The van der Waals surface area contributed by atoms with Crippen LogP contribution in [0.3, 0.4) is 0 Å². The molecule has 0 N–H and O–H groups in total. The van der Waals surface area contributed by atoms with Gasteiger partial charge in [0, 0.05) is 0 Å². The molecule has 1 unspecified atom stereocenters. The van der Waals surface area contributed by atoms with E-state index in [1.165, 1.54) is 76.2 Å². The van der Waals surface area contributed by atoms with E-state index in [2.05, 4.69) is 67.6 Å². The van der Waals surface area contributed by atoms with Gasteiger partial charge < -0.3 is 0 Å². The molecular weight excluding hydrogens is 357 g/mol. The Labute approximate surface area is 174 Å². The topological polar surface area (TPSA) is 3.24 Å². The highest BCUT2D eigenvalue weighted by atomic mass is 31.1. The summed E-state index contributed by atoms with van der Waals surface area (Å²) >= 11 is 0. The molecule has 0 radical (unpaired) electrons. The number of allylic oxidation sites excluding steroid dienone is 2. The second kappa shape index (κ2) is 9.27. The minimum absolute atomic E-state index is 0.0954. The van der Waals surface area contributed by atoms with Crippen molar-refractivity contribution in [3.8, 4) is 0 Å². The van der Waals surface area contributed by atoms with E-state index in [9.17, 15) is 0 Å². The third-order valence-corrected chi connectivity index (χ3v) is 11.7. The van der Waals surface area contributed by atoms with Gasteiger partial charge in [-0.25, -0.2) is 0 Å². The minimum atomic E-state index is -0.0954. The van der Waals surface area contributed by atoms with Crippen molar-refractivity contribution in [1.82, 2.24) is 4.90 Å². The van der Waals surface area contributed by atoms with Crippen molar-refractivity contribution in [1.29, 1.82) is 0 Å². The zero-order valence-corrected chi connectivity index (χ0v) is 18.8. The van der Waals surface area contributed by atoms with E-state index in [0.29, 0.717) is 0 Å². The molecule has 1 aromatic carbocycles. The second-order valence-corrected chi connectivity index (χ2v) is 12.3. The first-order valence-electron chi connectivity index (χ1n) is 11.6. The van der Waals surface area contributed by atoms with Crippen molar-refractivity contribution in [2.45, 2.75) is 87.2 Å². The fourth-order valence-electron chi connectivity index (χ4n) is 6.10. The summed E-state index contributed by atoms with van der Waals surface area (Å²) in [6.45, 7) is 0. The molecule has 2 fully saturated rings. The number of hydrogen-bond acceptors (Lipinski definition) is 1. The average molecular weight is 396 g/mol. The zero-order valence-electron chi connectivity index (χ0n) is 17.9. The van der Waals surface area contributed by atoms with Crippen LogP contribution in [0, 0.1) is 0 Å². The summed E-state index contributed by atoms with van der Waals surface area (Å²) in [7, 11) is 4.65. The molecule has 1 nitrogen and oxygen atoms in total.